The van der Waals surface area contributed by atoms with Gasteiger partial charge in [0, 0.05) is 24.4 Å². The van der Waals surface area contributed by atoms with Crippen LogP contribution in [0.15, 0.2) is 0 Å². The van der Waals surface area contributed by atoms with Crippen molar-refractivity contribution in [3.05, 3.63) is 0 Å². The minimum absolute atomic E-state index is 0.352. The monoisotopic (exact) mass is 283 g/mol. The highest BCUT2D eigenvalue weighted by Gasteiger charge is 2.47. The molecule has 2 nitrogen and oxygen atoms in total. The lowest BCUT2D eigenvalue weighted by atomic mass is 9.91. The Kier molecular flexibility index (Phi) is 4.36. The van der Waals surface area contributed by atoms with Crippen LogP contribution in [0.4, 0.5) is 0 Å². The first kappa shape index (κ1) is 13.7. The average Bonchev–Trinajstić information content (AvgIpc) is 3.31. The van der Waals surface area contributed by atoms with Gasteiger partial charge in [0.2, 0.25) is 5.91 Å². The molecule has 0 aromatic heterocycles. The molecular weight excluding hydrogens is 258 g/mol. The summed E-state index contributed by atoms with van der Waals surface area (Å²) < 4.78 is 0. The first-order chi connectivity index (χ1) is 9.31. The largest absolute Gasteiger partial charge is 0.338 e. The van der Waals surface area contributed by atoms with Gasteiger partial charge in [-0.3, -0.25) is 4.79 Å². The fourth-order valence-electron chi connectivity index (χ4n) is 3.85. The van der Waals surface area contributed by atoms with E-state index >= 15 is 0 Å². The molecule has 0 heterocycles. The van der Waals surface area contributed by atoms with Crippen LogP contribution in [0.1, 0.15) is 57.8 Å². The van der Waals surface area contributed by atoms with Crippen LogP contribution in [0.5, 0.6) is 0 Å². The van der Waals surface area contributed by atoms with E-state index in [0.717, 1.165) is 6.54 Å². The molecule has 0 saturated heterocycles. The molecule has 108 valence electrons. The lowest BCUT2D eigenvalue weighted by molar-refractivity contribution is -0.139. The van der Waals surface area contributed by atoms with E-state index in [1.54, 1.807) is 0 Å². The molecule has 0 aromatic rings. The minimum Gasteiger partial charge on any atom is -0.338 e. The van der Waals surface area contributed by atoms with Gasteiger partial charge >= 0.3 is 0 Å². The van der Waals surface area contributed by atoms with Crippen molar-refractivity contribution in [3.8, 4) is 0 Å². The predicted octanol–water partition coefficient (Wildman–Crippen LogP) is 3.82. The van der Waals surface area contributed by atoms with Gasteiger partial charge in [0.25, 0.3) is 0 Å². The van der Waals surface area contributed by atoms with E-state index in [9.17, 15) is 4.79 Å². The van der Waals surface area contributed by atoms with Crippen molar-refractivity contribution < 1.29 is 4.79 Å². The lowest BCUT2D eigenvalue weighted by Gasteiger charge is -2.36. The summed E-state index contributed by atoms with van der Waals surface area (Å²) >= 11 is 5.96. The first-order valence-corrected chi connectivity index (χ1v) is 8.71. The summed E-state index contributed by atoms with van der Waals surface area (Å²) in [6.45, 7) is 0.765. The molecule has 3 rings (SSSR count). The summed E-state index contributed by atoms with van der Waals surface area (Å²) in [6, 6.07) is 0.486. The Morgan fingerprint density at radius 2 is 1.58 bits per heavy atom. The van der Waals surface area contributed by atoms with Crippen molar-refractivity contribution in [1.82, 2.24) is 4.90 Å². The van der Waals surface area contributed by atoms with Gasteiger partial charge in [0.05, 0.1) is 0 Å². The summed E-state index contributed by atoms with van der Waals surface area (Å²) in [5.74, 6) is 2.81. The Labute approximate surface area is 121 Å². The SMILES string of the molecule is O=C(C(C1CC1)C1CC1)N(CCCl)C1CCCCC1. The average molecular weight is 284 g/mol. The van der Waals surface area contributed by atoms with Gasteiger partial charge in [-0.15, -0.1) is 11.6 Å². The standard InChI is InChI=1S/C16H26ClNO/c17-10-11-18(14-4-2-1-3-5-14)16(19)15(12-6-7-12)13-8-9-13/h12-15H,1-11H2. The van der Waals surface area contributed by atoms with Crippen LogP contribution in [0.3, 0.4) is 0 Å². The van der Waals surface area contributed by atoms with Crippen LogP contribution < -0.4 is 0 Å². The molecule has 0 atom stereocenters. The molecule has 3 saturated carbocycles. The highest BCUT2D eigenvalue weighted by molar-refractivity contribution is 6.18. The molecule has 0 aliphatic heterocycles. The van der Waals surface area contributed by atoms with Gasteiger partial charge in [-0.25, -0.2) is 0 Å². The van der Waals surface area contributed by atoms with Crippen LogP contribution in [0.25, 0.3) is 0 Å². The second-order valence-corrected chi connectivity index (χ2v) is 7.09. The zero-order valence-corrected chi connectivity index (χ0v) is 12.6. The van der Waals surface area contributed by atoms with E-state index in [2.05, 4.69) is 4.90 Å². The minimum atomic E-state index is 0.352. The lowest BCUT2D eigenvalue weighted by Crippen LogP contribution is -2.46. The van der Waals surface area contributed by atoms with Crippen molar-refractivity contribution in [2.45, 2.75) is 63.8 Å². The molecule has 0 aromatic carbocycles. The van der Waals surface area contributed by atoms with Crippen molar-refractivity contribution >= 4 is 17.5 Å². The number of amides is 1. The molecule has 3 aliphatic carbocycles. The fraction of sp³-hybridized carbons (Fsp3) is 0.938. The van der Waals surface area contributed by atoms with E-state index in [0.29, 0.717) is 35.6 Å². The topological polar surface area (TPSA) is 20.3 Å². The maximum Gasteiger partial charge on any atom is 0.226 e. The summed E-state index contributed by atoms with van der Waals surface area (Å²) in [7, 11) is 0. The number of halogens is 1. The van der Waals surface area contributed by atoms with E-state index in [1.807, 2.05) is 0 Å². The number of nitrogens with zero attached hydrogens (tertiary/aromatic N) is 1. The molecule has 1 amide bonds. The zero-order chi connectivity index (χ0) is 13.2. The normalized spacial score (nSPS) is 24.7. The van der Waals surface area contributed by atoms with Crippen LogP contribution in [-0.2, 0) is 4.79 Å². The Morgan fingerprint density at radius 1 is 1.00 bits per heavy atom. The van der Waals surface area contributed by atoms with E-state index in [1.165, 1.54) is 57.8 Å². The molecule has 0 unspecified atom stereocenters. The van der Waals surface area contributed by atoms with E-state index in [-0.39, 0.29) is 0 Å². The van der Waals surface area contributed by atoms with Crippen LogP contribution in [0.2, 0.25) is 0 Å². The predicted molar refractivity (Wildman–Crippen MR) is 78.2 cm³/mol. The molecule has 0 N–H and O–H groups in total. The first-order valence-electron chi connectivity index (χ1n) is 8.17. The van der Waals surface area contributed by atoms with E-state index in [4.69, 9.17) is 11.6 Å². The maximum atomic E-state index is 13.0. The van der Waals surface area contributed by atoms with Crippen molar-refractivity contribution in [3.63, 3.8) is 0 Å². The van der Waals surface area contributed by atoms with Gasteiger partial charge < -0.3 is 4.90 Å². The van der Waals surface area contributed by atoms with Crippen LogP contribution in [-0.4, -0.2) is 29.3 Å². The molecule has 19 heavy (non-hydrogen) atoms. The molecule has 3 fully saturated rings. The summed E-state index contributed by atoms with van der Waals surface area (Å²) in [5, 5.41) is 0. The highest BCUT2D eigenvalue weighted by Crippen LogP contribution is 2.50. The Hall–Kier alpha value is -0.240. The molecule has 0 radical (unpaired) electrons. The van der Waals surface area contributed by atoms with Gasteiger partial charge in [-0.2, -0.15) is 0 Å². The summed E-state index contributed by atoms with van der Waals surface area (Å²) in [4.78, 5) is 15.1. The Bertz CT molecular complexity index is 307. The third kappa shape index (κ3) is 3.26. The van der Waals surface area contributed by atoms with Gasteiger partial charge in [0.1, 0.15) is 0 Å². The smallest absolute Gasteiger partial charge is 0.226 e. The van der Waals surface area contributed by atoms with Crippen molar-refractivity contribution in [2.75, 3.05) is 12.4 Å². The van der Waals surface area contributed by atoms with Gasteiger partial charge in [-0.05, 0) is 50.4 Å². The van der Waals surface area contributed by atoms with Crippen molar-refractivity contribution in [2.24, 2.45) is 17.8 Å². The third-order valence-electron chi connectivity index (χ3n) is 5.17. The molecule has 3 aliphatic rings. The number of carbonyl (C=O) groups is 1. The zero-order valence-electron chi connectivity index (χ0n) is 11.8. The number of carbonyl (C=O) groups excluding carboxylic acids is 1. The number of hydrogen-bond acceptors (Lipinski definition) is 1. The van der Waals surface area contributed by atoms with Gasteiger partial charge in [-0.1, -0.05) is 19.3 Å². The van der Waals surface area contributed by atoms with Crippen LogP contribution >= 0.6 is 11.6 Å². The third-order valence-corrected chi connectivity index (χ3v) is 5.34. The number of rotatable bonds is 6. The molecule has 0 spiro atoms. The molecular formula is C16H26ClNO. The maximum absolute atomic E-state index is 13.0. The van der Waals surface area contributed by atoms with Crippen molar-refractivity contribution in [1.29, 1.82) is 0 Å². The molecule has 3 heteroatoms. The fourth-order valence-corrected chi connectivity index (χ4v) is 4.03. The summed E-state index contributed by atoms with van der Waals surface area (Å²) in [6.07, 6.45) is 11.4. The second-order valence-electron chi connectivity index (χ2n) is 6.71. The second kappa shape index (κ2) is 6.03. The Morgan fingerprint density at radius 3 is 2.05 bits per heavy atom. The van der Waals surface area contributed by atoms with E-state index < -0.39 is 0 Å². The van der Waals surface area contributed by atoms with Gasteiger partial charge in [0.15, 0.2) is 0 Å². The molecule has 0 bridgehead atoms. The quantitative estimate of drug-likeness (QED) is 0.679. The Balaban J connectivity index is 1.68. The summed E-state index contributed by atoms with van der Waals surface area (Å²) in [5.41, 5.74) is 0. The number of hydrogen-bond donors (Lipinski definition) is 0. The highest BCUT2D eigenvalue weighted by atomic mass is 35.5. The number of alkyl halides is 1. The van der Waals surface area contributed by atoms with Crippen LogP contribution in [0, 0.1) is 17.8 Å².